The van der Waals surface area contributed by atoms with E-state index in [9.17, 15) is 4.79 Å². The number of anilines is 3. The van der Waals surface area contributed by atoms with Crippen LogP contribution in [0.1, 0.15) is 27.2 Å². The van der Waals surface area contributed by atoms with Crippen LogP contribution < -0.4 is 10.6 Å². The number of nitrogens with one attached hydrogen (secondary N) is 2. The Bertz CT molecular complexity index is 887. The minimum Gasteiger partial charge on any atom is -0.339 e. The molecule has 25 heavy (non-hydrogen) atoms. The van der Waals surface area contributed by atoms with Gasteiger partial charge in [-0.3, -0.25) is 4.79 Å². The lowest BCUT2D eigenvalue weighted by Gasteiger charge is -2.08. The second-order valence-corrected chi connectivity index (χ2v) is 6.03. The third-order valence-corrected chi connectivity index (χ3v) is 3.97. The Morgan fingerprint density at radius 3 is 2.20 bits per heavy atom. The Morgan fingerprint density at radius 2 is 1.56 bits per heavy atom. The number of carbonyl (C=O) groups excluding carboxylic acids is 1. The number of benzene rings is 2. The summed E-state index contributed by atoms with van der Waals surface area (Å²) in [6.07, 6.45) is 3.02. The average Bonchev–Trinajstić information content (AvgIpc) is 2.61. The van der Waals surface area contributed by atoms with Crippen LogP contribution in [0.3, 0.4) is 0 Å². The first-order valence-corrected chi connectivity index (χ1v) is 8.05. The Morgan fingerprint density at radius 1 is 0.840 bits per heavy atom. The van der Waals surface area contributed by atoms with Crippen LogP contribution in [0.5, 0.6) is 0 Å². The molecule has 1 amide bonds. The zero-order valence-corrected chi connectivity index (χ0v) is 14.5. The Labute approximate surface area is 147 Å². The standard InChI is InChI=1S/C20H20N4O/c1-13-4-7-16(8-5-13)23-19-12-21-18(11-22-19)20(25)24-17-9-6-14(2)15(3)10-17/h4-12H,1-3H3,(H,22,23)(H,24,25). The summed E-state index contributed by atoms with van der Waals surface area (Å²) in [5, 5.41) is 6.00. The van der Waals surface area contributed by atoms with E-state index in [-0.39, 0.29) is 11.6 Å². The van der Waals surface area contributed by atoms with Crippen LogP contribution in [0.4, 0.5) is 17.2 Å². The normalized spacial score (nSPS) is 10.4. The van der Waals surface area contributed by atoms with Crippen molar-refractivity contribution >= 4 is 23.1 Å². The van der Waals surface area contributed by atoms with Gasteiger partial charge in [0.05, 0.1) is 12.4 Å². The lowest BCUT2D eigenvalue weighted by atomic mass is 10.1. The Balaban J connectivity index is 1.67. The van der Waals surface area contributed by atoms with Crippen LogP contribution in [0.25, 0.3) is 0 Å². The fraction of sp³-hybridized carbons (Fsp3) is 0.150. The van der Waals surface area contributed by atoms with Crippen LogP contribution in [-0.4, -0.2) is 15.9 Å². The van der Waals surface area contributed by atoms with Gasteiger partial charge in [0.15, 0.2) is 0 Å². The van der Waals surface area contributed by atoms with Gasteiger partial charge in [-0.25, -0.2) is 9.97 Å². The fourth-order valence-electron chi connectivity index (χ4n) is 2.31. The first kappa shape index (κ1) is 16.6. The molecule has 0 saturated heterocycles. The number of hydrogen-bond acceptors (Lipinski definition) is 4. The highest BCUT2D eigenvalue weighted by Crippen LogP contribution is 2.16. The van der Waals surface area contributed by atoms with Gasteiger partial charge in [-0.2, -0.15) is 0 Å². The highest BCUT2D eigenvalue weighted by Gasteiger charge is 2.09. The van der Waals surface area contributed by atoms with E-state index in [1.54, 1.807) is 6.20 Å². The van der Waals surface area contributed by atoms with Crippen molar-refractivity contribution in [3.63, 3.8) is 0 Å². The first-order valence-electron chi connectivity index (χ1n) is 8.05. The van der Waals surface area contributed by atoms with E-state index >= 15 is 0 Å². The number of nitrogens with zero attached hydrogens (tertiary/aromatic N) is 2. The summed E-state index contributed by atoms with van der Waals surface area (Å²) < 4.78 is 0. The second-order valence-electron chi connectivity index (χ2n) is 6.03. The molecule has 2 N–H and O–H groups in total. The van der Waals surface area contributed by atoms with E-state index in [2.05, 4.69) is 20.6 Å². The van der Waals surface area contributed by atoms with Gasteiger partial charge in [0.2, 0.25) is 0 Å². The Kier molecular flexibility index (Phi) is 4.75. The molecule has 0 aliphatic heterocycles. The van der Waals surface area contributed by atoms with Crippen molar-refractivity contribution < 1.29 is 4.79 Å². The van der Waals surface area contributed by atoms with E-state index in [0.717, 1.165) is 16.9 Å². The largest absolute Gasteiger partial charge is 0.339 e. The molecule has 3 aromatic rings. The van der Waals surface area contributed by atoms with Gasteiger partial charge >= 0.3 is 0 Å². The van der Waals surface area contributed by atoms with Crippen LogP contribution in [0.2, 0.25) is 0 Å². The maximum atomic E-state index is 12.3. The van der Waals surface area contributed by atoms with Crippen molar-refractivity contribution in [2.24, 2.45) is 0 Å². The third kappa shape index (κ3) is 4.20. The van der Waals surface area contributed by atoms with Crippen molar-refractivity contribution in [1.29, 1.82) is 0 Å². The molecule has 0 fully saturated rings. The maximum Gasteiger partial charge on any atom is 0.275 e. The van der Waals surface area contributed by atoms with Gasteiger partial charge in [0, 0.05) is 11.4 Å². The molecular weight excluding hydrogens is 312 g/mol. The molecule has 0 unspecified atom stereocenters. The molecule has 126 valence electrons. The second kappa shape index (κ2) is 7.13. The topological polar surface area (TPSA) is 66.9 Å². The summed E-state index contributed by atoms with van der Waals surface area (Å²) in [5.41, 5.74) is 5.44. The molecule has 3 rings (SSSR count). The zero-order valence-electron chi connectivity index (χ0n) is 14.5. The van der Waals surface area contributed by atoms with Gasteiger partial charge in [-0.05, 0) is 56.2 Å². The molecule has 0 aliphatic rings. The van der Waals surface area contributed by atoms with Gasteiger partial charge in [-0.15, -0.1) is 0 Å². The number of rotatable bonds is 4. The molecule has 5 nitrogen and oxygen atoms in total. The summed E-state index contributed by atoms with van der Waals surface area (Å²) in [7, 11) is 0. The molecule has 5 heteroatoms. The monoisotopic (exact) mass is 332 g/mol. The third-order valence-electron chi connectivity index (χ3n) is 3.97. The zero-order chi connectivity index (χ0) is 17.8. The molecule has 0 bridgehead atoms. The number of aryl methyl sites for hydroxylation is 3. The van der Waals surface area contributed by atoms with Gasteiger partial charge < -0.3 is 10.6 Å². The minimum atomic E-state index is -0.280. The molecular formula is C20H20N4O. The summed E-state index contributed by atoms with van der Waals surface area (Å²) in [4.78, 5) is 20.7. The van der Waals surface area contributed by atoms with E-state index in [1.807, 2.05) is 63.2 Å². The number of carbonyl (C=O) groups is 1. The highest BCUT2D eigenvalue weighted by molar-refractivity contribution is 6.02. The predicted octanol–water partition coefficient (Wildman–Crippen LogP) is 4.40. The van der Waals surface area contributed by atoms with Crippen molar-refractivity contribution in [2.45, 2.75) is 20.8 Å². The van der Waals surface area contributed by atoms with Crippen molar-refractivity contribution in [2.75, 3.05) is 10.6 Å². The lowest BCUT2D eigenvalue weighted by molar-refractivity contribution is 0.102. The van der Waals surface area contributed by atoms with Crippen LogP contribution in [0, 0.1) is 20.8 Å². The van der Waals surface area contributed by atoms with Gasteiger partial charge in [0.1, 0.15) is 11.5 Å². The highest BCUT2D eigenvalue weighted by atomic mass is 16.1. The van der Waals surface area contributed by atoms with Crippen molar-refractivity contribution in [1.82, 2.24) is 9.97 Å². The number of aromatic nitrogens is 2. The SMILES string of the molecule is Cc1ccc(Nc2cnc(C(=O)Nc3ccc(C)c(C)c3)cn2)cc1. The maximum absolute atomic E-state index is 12.3. The Hall–Kier alpha value is -3.21. The fourth-order valence-corrected chi connectivity index (χ4v) is 2.31. The first-order chi connectivity index (χ1) is 12.0. The van der Waals surface area contributed by atoms with Crippen molar-refractivity contribution in [3.8, 4) is 0 Å². The number of amides is 1. The molecule has 2 aromatic carbocycles. The summed E-state index contributed by atoms with van der Waals surface area (Å²) in [6.45, 7) is 6.08. The lowest BCUT2D eigenvalue weighted by Crippen LogP contribution is -2.14. The summed E-state index contributed by atoms with van der Waals surface area (Å²) >= 11 is 0. The average molecular weight is 332 g/mol. The van der Waals surface area contributed by atoms with Crippen LogP contribution in [-0.2, 0) is 0 Å². The van der Waals surface area contributed by atoms with E-state index in [1.165, 1.54) is 17.3 Å². The molecule has 0 saturated carbocycles. The van der Waals surface area contributed by atoms with E-state index < -0.39 is 0 Å². The van der Waals surface area contributed by atoms with Gasteiger partial charge in [0.25, 0.3) is 5.91 Å². The molecule has 1 heterocycles. The van der Waals surface area contributed by atoms with E-state index in [4.69, 9.17) is 0 Å². The van der Waals surface area contributed by atoms with Gasteiger partial charge in [-0.1, -0.05) is 23.8 Å². The summed E-state index contributed by atoms with van der Waals surface area (Å²) in [6, 6.07) is 13.8. The molecule has 0 radical (unpaired) electrons. The predicted molar refractivity (Wildman–Crippen MR) is 100 cm³/mol. The molecule has 1 aromatic heterocycles. The summed E-state index contributed by atoms with van der Waals surface area (Å²) in [5.74, 6) is 0.309. The van der Waals surface area contributed by atoms with E-state index in [0.29, 0.717) is 5.82 Å². The van der Waals surface area contributed by atoms with Crippen molar-refractivity contribution in [3.05, 3.63) is 77.2 Å². The quantitative estimate of drug-likeness (QED) is 0.743. The minimum absolute atomic E-state index is 0.271. The van der Waals surface area contributed by atoms with Crippen LogP contribution >= 0.6 is 0 Å². The van der Waals surface area contributed by atoms with Crippen LogP contribution in [0.15, 0.2) is 54.9 Å². The number of hydrogen-bond donors (Lipinski definition) is 2. The molecule has 0 spiro atoms. The molecule has 0 aliphatic carbocycles. The smallest absolute Gasteiger partial charge is 0.275 e. The molecule has 0 atom stereocenters.